The second kappa shape index (κ2) is 4.09. The molecule has 2 atom stereocenters. The van der Waals surface area contributed by atoms with E-state index in [1.54, 1.807) is 0 Å². The van der Waals surface area contributed by atoms with Gasteiger partial charge in [-0.25, -0.2) is 0 Å². The standard InChI is InChI=1S/C7H12BrNO/c8-4-6-2-1-3-9-7(6)5-10/h5-7,9H,1-4H2. The zero-order valence-electron chi connectivity index (χ0n) is 5.85. The molecule has 2 nitrogen and oxygen atoms in total. The Balaban J connectivity index is 2.41. The van der Waals surface area contributed by atoms with Gasteiger partial charge in [0, 0.05) is 5.33 Å². The van der Waals surface area contributed by atoms with E-state index >= 15 is 0 Å². The van der Waals surface area contributed by atoms with Crippen LogP contribution in [0.1, 0.15) is 12.8 Å². The number of hydrogen-bond donors (Lipinski definition) is 1. The molecule has 1 N–H and O–H groups in total. The summed E-state index contributed by atoms with van der Waals surface area (Å²) in [5.74, 6) is 0.506. The van der Waals surface area contributed by atoms with Gasteiger partial charge in [0.15, 0.2) is 0 Å². The number of hydrogen-bond acceptors (Lipinski definition) is 2. The molecule has 0 spiro atoms. The monoisotopic (exact) mass is 205 g/mol. The molecule has 0 aromatic rings. The van der Waals surface area contributed by atoms with Crippen LogP contribution in [0.15, 0.2) is 0 Å². The molecule has 2 unspecified atom stereocenters. The first-order chi connectivity index (χ1) is 4.88. The molecule has 0 amide bonds. The third-order valence-corrected chi connectivity index (χ3v) is 2.82. The van der Waals surface area contributed by atoms with Crippen molar-refractivity contribution < 1.29 is 4.79 Å². The van der Waals surface area contributed by atoms with Crippen molar-refractivity contribution in [1.29, 1.82) is 0 Å². The Labute approximate surface area is 69.5 Å². The lowest BCUT2D eigenvalue weighted by molar-refractivity contribution is -0.110. The van der Waals surface area contributed by atoms with Crippen LogP contribution in [0.5, 0.6) is 0 Å². The van der Waals surface area contributed by atoms with Crippen molar-refractivity contribution in [3.8, 4) is 0 Å². The fraction of sp³-hybridized carbons (Fsp3) is 0.857. The van der Waals surface area contributed by atoms with E-state index in [2.05, 4.69) is 21.2 Å². The molecule has 0 aromatic carbocycles. The quantitative estimate of drug-likeness (QED) is 0.538. The van der Waals surface area contributed by atoms with Gasteiger partial charge in [0.2, 0.25) is 0 Å². The second-order valence-corrected chi connectivity index (χ2v) is 3.32. The van der Waals surface area contributed by atoms with Gasteiger partial charge >= 0.3 is 0 Å². The molecular weight excluding hydrogens is 194 g/mol. The first-order valence-corrected chi connectivity index (χ1v) is 4.75. The van der Waals surface area contributed by atoms with Gasteiger partial charge in [0.05, 0.1) is 6.04 Å². The number of nitrogens with one attached hydrogen (secondary N) is 1. The van der Waals surface area contributed by atoms with Crippen molar-refractivity contribution in [2.24, 2.45) is 5.92 Å². The van der Waals surface area contributed by atoms with E-state index in [1.165, 1.54) is 12.8 Å². The lowest BCUT2D eigenvalue weighted by atomic mass is 9.94. The van der Waals surface area contributed by atoms with Crippen LogP contribution in [0.2, 0.25) is 0 Å². The molecule has 1 rings (SSSR count). The SMILES string of the molecule is O=CC1NCCCC1CBr. The molecule has 1 aliphatic heterocycles. The Hall–Kier alpha value is 0.110. The maximum atomic E-state index is 10.4. The van der Waals surface area contributed by atoms with Gasteiger partial charge in [-0.2, -0.15) is 0 Å². The molecule has 3 heteroatoms. The molecule has 0 saturated carbocycles. The third-order valence-electron chi connectivity index (χ3n) is 1.98. The van der Waals surface area contributed by atoms with E-state index in [-0.39, 0.29) is 6.04 Å². The van der Waals surface area contributed by atoms with Crippen LogP contribution in [0.25, 0.3) is 0 Å². The molecule has 1 aliphatic rings. The highest BCUT2D eigenvalue weighted by Crippen LogP contribution is 2.16. The Kier molecular flexibility index (Phi) is 3.35. The number of aldehydes is 1. The first kappa shape index (κ1) is 8.21. The summed E-state index contributed by atoms with van der Waals surface area (Å²) in [7, 11) is 0. The van der Waals surface area contributed by atoms with Crippen molar-refractivity contribution >= 4 is 22.2 Å². The van der Waals surface area contributed by atoms with Crippen LogP contribution < -0.4 is 5.32 Å². The predicted octanol–water partition coefficient (Wildman–Crippen LogP) is 0.948. The maximum Gasteiger partial charge on any atom is 0.137 e. The van der Waals surface area contributed by atoms with Crippen molar-refractivity contribution in [1.82, 2.24) is 5.32 Å². The van der Waals surface area contributed by atoms with E-state index in [9.17, 15) is 4.79 Å². The van der Waals surface area contributed by atoms with E-state index in [0.29, 0.717) is 5.92 Å². The molecule has 1 fully saturated rings. The minimum Gasteiger partial charge on any atom is -0.307 e. The highest BCUT2D eigenvalue weighted by atomic mass is 79.9. The maximum absolute atomic E-state index is 10.4. The Morgan fingerprint density at radius 2 is 2.50 bits per heavy atom. The Morgan fingerprint density at radius 3 is 3.00 bits per heavy atom. The molecule has 0 bridgehead atoms. The topological polar surface area (TPSA) is 29.1 Å². The zero-order chi connectivity index (χ0) is 7.40. The molecule has 10 heavy (non-hydrogen) atoms. The summed E-state index contributed by atoms with van der Waals surface area (Å²) < 4.78 is 0. The van der Waals surface area contributed by atoms with Crippen molar-refractivity contribution in [3.05, 3.63) is 0 Å². The van der Waals surface area contributed by atoms with Gasteiger partial charge in [-0.15, -0.1) is 0 Å². The van der Waals surface area contributed by atoms with E-state index < -0.39 is 0 Å². The zero-order valence-corrected chi connectivity index (χ0v) is 7.43. The van der Waals surface area contributed by atoms with Gasteiger partial charge in [-0.05, 0) is 25.3 Å². The fourth-order valence-electron chi connectivity index (χ4n) is 1.31. The van der Waals surface area contributed by atoms with E-state index in [0.717, 1.165) is 18.2 Å². The minimum absolute atomic E-state index is 0.0909. The summed E-state index contributed by atoms with van der Waals surface area (Å²) >= 11 is 3.39. The van der Waals surface area contributed by atoms with Crippen LogP contribution in [-0.4, -0.2) is 24.2 Å². The highest BCUT2D eigenvalue weighted by Gasteiger charge is 2.22. The normalized spacial score (nSPS) is 33.7. The van der Waals surface area contributed by atoms with E-state index in [1.807, 2.05) is 0 Å². The van der Waals surface area contributed by atoms with E-state index in [4.69, 9.17) is 0 Å². The summed E-state index contributed by atoms with van der Waals surface area (Å²) in [4.78, 5) is 10.4. The summed E-state index contributed by atoms with van der Waals surface area (Å²) in [6, 6.07) is 0.0909. The smallest absolute Gasteiger partial charge is 0.137 e. The van der Waals surface area contributed by atoms with Crippen molar-refractivity contribution in [2.45, 2.75) is 18.9 Å². The van der Waals surface area contributed by atoms with Gasteiger partial charge < -0.3 is 10.1 Å². The number of alkyl halides is 1. The average Bonchev–Trinajstić information content (AvgIpc) is 2.04. The molecular formula is C7H12BrNO. The number of carbonyl (C=O) groups excluding carboxylic acids is 1. The van der Waals surface area contributed by atoms with Crippen molar-refractivity contribution in [2.75, 3.05) is 11.9 Å². The third kappa shape index (κ3) is 1.80. The van der Waals surface area contributed by atoms with Crippen LogP contribution in [0.4, 0.5) is 0 Å². The summed E-state index contributed by atoms with van der Waals surface area (Å²) in [5.41, 5.74) is 0. The van der Waals surface area contributed by atoms with Gasteiger partial charge in [0.1, 0.15) is 6.29 Å². The molecule has 0 radical (unpaired) electrons. The molecule has 0 aromatic heterocycles. The largest absolute Gasteiger partial charge is 0.307 e. The van der Waals surface area contributed by atoms with Crippen molar-refractivity contribution in [3.63, 3.8) is 0 Å². The lowest BCUT2D eigenvalue weighted by Crippen LogP contribution is -2.43. The number of halogens is 1. The number of rotatable bonds is 2. The minimum atomic E-state index is 0.0909. The first-order valence-electron chi connectivity index (χ1n) is 3.63. The lowest BCUT2D eigenvalue weighted by Gasteiger charge is -2.26. The average molecular weight is 206 g/mol. The fourth-order valence-corrected chi connectivity index (χ4v) is 2.04. The van der Waals surface area contributed by atoms with Crippen LogP contribution in [0, 0.1) is 5.92 Å². The van der Waals surface area contributed by atoms with Gasteiger partial charge in [0.25, 0.3) is 0 Å². The summed E-state index contributed by atoms with van der Waals surface area (Å²) in [6.07, 6.45) is 3.38. The Morgan fingerprint density at radius 1 is 1.70 bits per heavy atom. The second-order valence-electron chi connectivity index (χ2n) is 2.67. The van der Waals surface area contributed by atoms with Crippen LogP contribution >= 0.6 is 15.9 Å². The van der Waals surface area contributed by atoms with Crippen LogP contribution in [-0.2, 0) is 4.79 Å². The predicted molar refractivity (Wildman–Crippen MR) is 44.4 cm³/mol. The summed E-state index contributed by atoms with van der Waals surface area (Å²) in [5, 5.41) is 4.11. The van der Waals surface area contributed by atoms with Crippen LogP contribution in [0.3, 0.4) is 0 Å². The summed E-state index contributed by atoms with van der Waals surface area (Å²) in [6.45, 7) is 0.993. The number of carbonyl (C=O) groups is 1. The van der Waals surface area contributed by atoms with Gasteiger partial charge in [-0.1, -0.05) is 15.9 Å². The van der Waals surface area contributed by atoms with Gasteiger partial charge in [-0.3, -0.25) is 0 Å². The Bertz CT molecular complexity index is 118. The number of piperidine rings is 1. The molecule has 1 heterocycles. The molecule has 58 valence electrons. The highest BCUT2D eigenvalue weighted by molar-refractivity contribution is 9.09. The molecule has 1 saturated heterocycles. The molecule has 0 aliphatic carbocycles.